The van der Waals surface area contributed by atoms with Crippen molar-refractivity contribution in [3.63, 3.8) is 0 Å². The maximum absolute atomic E-state index is 14.3. The standard InChI is InChI=1S/C26H28BrFN2O6/c1-15-4-5-16(13-19(15)28)23(31)21-22(17-12-18(27)24(32)20(14-17)35-2)30(26(34)25(21)33)7-3-6-29-8-10-36-11-9-29/h4-5,12-14,22,31-32H,3,6-11H2,1-2H3/t22-/m0/s1. The summed E-state index contributed by atoms with van der Waals surface area (Å²) in [5.74, 6) is -2.60. The quantitative estimate of drug-likeness (QED) is 0.301. The summed E-state index contributed by atoms with van der Waals surface area (Å²) in [4.78, 5) is 30.0. The number of hydrogen-bond donors (Lipinski definition) is 2. The third kappa shape index (κ3) is 5.11. The molecule has 2 aliphatic heterocycles. The summed E-state index contributed by atoms with van der Waals surface area (Å²) in [6.07, 6.45) is 0.596. The van der Waals surface area contributed by atoms with Crippen LogP contribution in [0, 0.1) is 12.7 Å². The van der Waals surface area contributed by atoms with E-state index < -0.39 is 29.3 Å². The molecule has 36 heavy (non-hydrogen) atoms. The van der Waals surface area contributed by atoms with E-state index in [0.29, 0.717) is 41.8 Å². The Hall–Kier alpha value is -2.95. The van der Waals surface area contributed by atoms with Crippen molar-refractivity contribution < 1.29 is 33.7 Å². The Kier molecular flexibility index (Phi) is 7.97. The lowest BCUT2D eigenvalue weighted by molar-refractivity contribution is -0.140. The molecule has 2 aromatic carbocycles. The number of rotatable bonds is 7. The molecule has 0 aliphatic carbocycles. The number of ketones is 1. The summed E-state index contributed by atoms with van der Waals surface area (Å²) in [5.41, 5.74) is 0.795. The van der Waals surface area contributed by atoms with E-state index in [4.69, 9.17) is 9.47 Å². The van der Waals surface area contributed by atoms with Gasteiger partial charge in [-0.15, -0.1) is 0 Å². The third-order valence-electron chi connectivity index (χ3n) is 6.55. The average molecular weight is 563 g/mol. The van der Waals surface area contributed by atoms with Crippen molar-refractivity contribution in [3.05, 3.63) is 62.9 Å². The molecule has 0 radical (unpaired) electrons. The number of carbonyl (C=O) groups is 2. The predicted octanol–water partition coefficient (Wildman–Crippen LogP) is 3.75. The number of morpholine rings is 1. The summed E-state index contributed by atoms with van der Waals surface area (Å²) >= 11 is 3.29. The highest BCUT2D eigenvalue weighted by Crippen LogP contribution is 2.44. The number of nitrogens with zero attached hydrogens (tertiary/aromatic N) is 2. The van der Waals surface area contributed by atoms with Crippen LogP contribution in [0.4, 0.5) is 4.39 Å². The summed E-state index contributed by atoms with van der Waals surface area (Å²) in [6, 6.07) is 6.29. The number of phenols is 1. The molecule has 1 amide bonds. The number of aromatic hydroxyl groups is 1. The zero-order chi connectivity index (χ0) is 26.0. The van der Waals surface area contributed by atoms with E-state index in [2.05, 4.69) is 20.8 Å². The molecule has 0 bridgehead atoms. The van der Waals surface area contributed by atoms with Gasteiger partial charge >= 0.3 is 0 Å². The molecule has 4 rings (SSSR count). The van der Waals surface area contributed by atoms with Crippen molar-refractivity contribution in [2.24, 2.45) is 0 Å². The average Bonchev–Trinajstić information content (AvgIpc) is 3.12. The van der Waals surface area contributed by atoms with E-state index in [1.807, 2.05) is 0 Å². The minimum Gasteiger partial charge on any atom is -0.507 e. The highest BCUT2D eigenvalue weighted by atomic mass is 79.9. The zero-order valence-corrected chi connectivity index (χ0v) is 21.7. The second kappa shape index (κ2) is 11.0. The maximum atomic E-state index is 14.3. The fourth-order valence-corrected chi connectivity index (χ4v) is 5.01. The van der Waals surface area contributed by atoms with Crippen molar-refractivity contribution in [3.8, 4) is 11.5 Å². The number of halogens is 2. The van der Waals surface area contributed by atoms with Gasteiger partial charge in [0.15, 0.2) is 11.5 Å². The molecule has 2 fully saturated rings. The molecule has 2 heterocycles. The van der Waals surface area contributed by atoms with Crippen LogP contribution in [-0.4, -0.2) is 78.2 Å². The minimum atomic E-state index is -0.954. The van der Waals surface area contributed by atoms with Crippen LogP contribution in [0.15, 0.2) is 40.4 Å². The van der Waals surface area contributed by atoms with Gasteiger partial charge in [0.1, 0.15) is 11.6 Å². The van der Waals surface area contributed by atoms with Crippen LogP contribution < -0.4 is 4.74 Å². The maximum Gasteiger partial charge on any atom is 0.295 e. The first kappa shape index (κ1) is 26.1. The molecule has 2 aromatic rings. The number of carbonyl (C=O) groups excluding carboxylic acids is 2. The molecule has 1 atom stereocenters. The number of benzene rings is 2. The molecule has 192 valence electrons. The second-order valence-electron chi connectivity index (χ2n) is 8.82. The Morgan fingerprint density at radius 1 is 1.19 bits per heavy atom. The van der Waals surface area contributed by atoms with Gasteiger partial charge in [0, 0.05) is 31.7 Å². The molecule has 2 aliphatic rings. The van der Waals surface area contributed by atoms with Gasteiger partial charge in [-0.25, -0.2) is 4.39 Å². The van der Waals surface area contributed by atoms with Gasteiger partial charge in [0.2, 0.25) is 0 Å². The van der Waals surface area contributed by atoms with Crippen LogP contribution in [0.1, 0.15) is 29.2 Å². The number of Topliss-reactive ketones (excluding diaryl/α,β-unsaturated/α-hetero) is 1. The summed E-state index contributed by atoms with van der Waals surface area (Å²) in [5, 5.41) is 21.4. The number of methoxy groups -OCH3 is 1. The Labute approximate surface area is 217 Å². The SMILES string of the molecule is COc1cc([C@H]2C(=C(O)c3ccc(C)c(F)c3)C(=O)C(=O)N2CCCN2CCOCC2)cc(Br)c1O. The normalized spacial score (nSPS) is 20.2. The number of amides is 1. The molecule has 0 aromatic heterocycles. The van der Waals surface area contributed by atoms with E-state index in [-0.39, 0.29) is 29.2 Å². The van der Waals surface area contributed by atoms with Gasteiger partial charge in [-0.2, -0.15) is 0 Å². The number of phenolic OH excluding ortho intramolecular Hbond substituents is 1. The number of aliphatic hydroxyl groups is 1. The fraction of sp³-hybridized carbons (Fsp3) is 0.385. The number of likely N-dealkylation sites (tertiary alicyclic amines) is 1. The van der Waals surface area contributed by atoms with Gasteiger partial charge in [0.25, 0.3) is 11.7 Å². The van der Waals surface area contributed by atoms with Crippen LogP contribution in [0.5, 0.6) is 11.5 Å². The summed E-state index contributed by atoms with van der Waals surface area (Å²) < 4.78 is 25.2. The highest BCUT2D eigenvalue weighted by molar-refractivity contribution is 9.10. The Bertz CT molecular complexity index is 1210. The van der Waals surface area contributed by atoms with Gasteiger partial charge in [-0.1, -0.05) is 12.1 Å². The summed E-state index contributed by atoms with van der Waals surface area (Å²) in [6.45, 7) is 5.45. The topological polar surface area (TPSA) is 99.5 Å². The Morgan fingerprint density at radius 2 is 1.92 bits per heavy atom. The van der Waals surface area contributed by atoms with Gasteiger partial charge in [0.05, 0.1) is 36.4 Å². The van der Waals surface area contributed by atoms with Gasteiger partial charge < -0.3 is 24.6 Å². The van der Waals surface area contributed by atoms with Crippen molar-refractivity contribution in [1.82, 2.24) is 9.80 Å². The first-order valence-corrected chi connectivity index (χ1v) is 12.4. The first-order chi connectivity index (χ1) is 17.2. The molecule has 0 spiro atoms. The van der Waals surface area contributed by atoms with Crippen molar-refractivity contribution >= 4 is 33.4 Å². The van der Waals surface area contributed by atoms with E-state index in [9.17, 15) is 24.2 Å². The van der Waals surface area contributed by atoms with E-state index in [1.54, 1.807) is 13.0 Å². The fourth-order valence-electron chi connectivity index (χ4n) is 4.55. The van der Waals surface area contributed by atoms with Crippen LogP contribution in [0.3, 0.4) is 0 Å². The molecule has 10 heteroatoms. The van der Waals surface area contributed by atoms with Crippen LogP contribution >= 0.6 is 15.9 Å². The predicted molar refractivity (Wildman–Crippen MR) is 134 cm³/mol. The smallest absolute Gasteiger partial charge is 0.295 e. The lowest BCUT2D eigenvalue weighted by Gasteiger charge is -2.29. The lowest BCUT2D eigenvalue weighted by atomic mass is 9.94. The molecule has 2 N–H and O–H groups in total. The molecular formula is C26H28BrFN2O6. The van der Waals surface area contributed by atoms with Gasteiger partial charge in [-0.3, -0.25) is 14.5 Å². The minimum absolute atomic E-state index is 0.0965. The van der Waals surface area contributed by atoms with E-state index in [0.717, 1.165) is 19.2 Å². The Balaban J connectivity index is 1.76. The second-order valence-corrected chi connectivity index (χ2v) is 9.67. The highest BCUT2D eigenvalue weighted by Gasteiger charge is 2.46. The Morgan fingerprint density at radius 3 is 2.58 bits per heavy atom. The summed E-state index contributed by atoms with van der Waals surface area (Å²) in [7, 11) is 1.39. The number of hydrogen-bond acceptors (Lipinski definition) is 7. The van der Waals surface area contributed by atoms with Crippen LogP contribution in [-0.2, 0) is 14.3 Å². The molecule has 0 saturated carbocycles. The van der Waals surface area contributed by atoms with Crippen LogP contribution in [0.2, 0.25) is 0 Å². The van der Waals surface area contributed by atoms with Crippen molar-refractivity contribution in [2.45, 2.75) is 19.4 Å². The van der Waals surface area contributed by atoms with Crippen LogP contribution in [0.25, 0.3) is 5.76 Å². The monoisotopic (exact) mass is 562 g/mol. The van der Waals surface area contributed by atoms with Crippen molar-refractivity contribution in [1.29, 1.82) is 0 Å². The number of aryl methyl sites for hydroxylation is 1. The molecule has 8 nitrogen and oxygen atoms in total. The lowest BCUT2D eigenvalue weighted by Crippen LogP contribution is -2.39. The van der Waals surface area contributed by atoms with Gasteiger partial charge in [-0.05, 0) is 58.6 Å². The largest absolute Gasteiger partial charge is 0.507 e. The third-order valence-corrected chi connectivity index (χ3v) is 7.15. The molecule has 2 saturated heterocycles. The number of aliphatic hydroxyl groups excluding tert-OH is 1. The van der Waals surface area contributed by atoms with Crippen molar-refractivity contribution in [2.75, 3.05) is 46.5 Å². The zero-order valence-electron chi connectivity index (χ0n) is 20.1. The first-order valence-electron chi connectivity index (χ1n) is 11.6. The van der Waals surface area contributed by atoms with E-state index >= 15 is 0 Å². The van der Waals surface area contributed by atoms with E-state index in [1.165, 1.54) is 30.2 Å². The molecular weight excluding hydrogens is 535 g/mol. The molecule has 0 unspecified atom stereocenters. The number of ether oxygens (including phenoxy) is 2.